The Labute approximate surface area is 262 Å². The summed E-state index contributed by atoms with van der Waals surface area (Å²) in [7, 11) is 0. The van der Waals surface area contributed by atoms with Gasteiger partial charge in [-0.1, -0.05) is 147 Å². The van der Waals surface area contributed by atoms with Crippen LogP contribution in [0.2, 0.25) is 0 Å². The number of aliphatic hydroxyl groups excluding tert-OH is 2. The van der Waals surface area contributed by atoms with Crippen molar-refractivity contribution in [2.75, 3.05) is 0 Å². The molecule has 2 N–H and O–H groups in total. The van der Waals surface area contributed by atoms with E-state index >= 15 is 0 Å². The minimum absolute atomic E-state index is 0.110. The molecule has 0 aromatic rings. The molecule has 0 aromatic heterocycles. The quantitative estimate of drug-likeness (QED) is 0.132. The molecule has 2 aliphatic rings. The Balaban J connectivity index is 1.57. The molecular weight excluding hydrogens is 512 g/mol. The number of aliphatic hydroxyl groups is 2. The molecule has 0 heterocycles. The number of allylic oxidation sites excluding steroid dienone is 6. The van der Waals surface area contributed by atoms with Crippen molar-refractivity contribution in [3.63, 3.8) is 0 Å². The van der Waals surface area contributed by atoms with Crippen molar-refractivity contribution in [3.8, 4) is 0 Å². The van der Waals surface area contributed by atoms with Crippen molar-refractivity contribution in [2.24, 2.45) is 40.4 Å². The molecule has 7 atom stereocenters. The maximum absolute atomic E-state index is 10.2. The van der Waals surface area contributed by atoms with E-state index in [-0.39, 0.29) is 23.0 Å². The van der Waals surface area contributed by atoms with E-state index in [0.717, 1.165) is 37.0 Å². The largest absolute Gasteiger partial charge is 0.393 e. The van der Waals surface area contributed by atoms with Gasteiger partial charge in [-0.25, -0.2) is 0 Å². The van der Waals surface area contributed by atoms with Gasteiger partial charge in [0.05, 0.1) is 12.2 Å². The lowest BCUT2D eigenvalue weighted by Crippen LogP contribution is -2.32. The molecule has 0 aromatic carbocycles. The van der Waals surface area contributed by atoms with Gasteiger partial charge >= 0.3 is 0 Å². The van der Waals surface area contributed by atoms with Gasteiger partial charge in [-0.05, 0) is 86.9 Å². The summed E-state index contributed by atoms with van der Waals surface area (Å²) < 4.78 is 0. The Morgan fingerprint density at radius 3 is 2.02 bits per heavy atom. The first-order valence-corrected chi connectivity index (χ1v) is 17.7. The zero-order valence-corrected chi connectivity index (χ0v) is 29.5. The second-order valence-electron chi connectivity index (χ2n) is 16.3. The van der Waals surface area contributed by atoms with Gasteiger partial charge in [0.15, 0.2) is 0 Å². The molecular formula is C40H70O2. The number of unbranched alkanes of at least 4 members (excludes halogenated alkanes) is 1. The van der Waals surface area contributed by atoms with Gasteiger partial charge in [-0.2, -0.15) is 0 Å². The third-order valence-electron chi connectivity index (χ3n) is 10.7. The number of hydrogen-bond acceptors (Lipinski definition) is 2. The SMILES string of the molecule is CC1=C[C@H](O)CC(C)(C)[C@H]1/C=C/C(C)/C=C/CC(C)CCCCC(C)CCCC(C)CCC1=C(C)C[C@H](O)CC1(C)C. The van der Waals surface area contributed by atoms with Crippen molar-refractivity contribution in [1.29, 1.82) is 0 Å². The van der Waals surface area contributed by atoms with Crippen LogP contribution in [0, 0.1) is 40.4 Å². The van der Waals surface area contributed by atoms with Crippen LogP contribution in [-0.4, -0.2) is 22.4 Å². The summed E-state index contributed by atoms with van der Waals surface area (Å²) in [6, 6.07) is 0. The monoisotopic (exact) mass is 583 g/mol. The first-order chi connectivity index (χ1) is 19.6. The van der Waals surface area contributed by atoms with Crippen LogP contribution in [0.4, 0.5) is 0 Å². The fraction of sp³-hybridized carbons (Fsp3) is 0.800. The summed E-state index contributed by atoms with van der Waals surface area (Å²) in [4.78, 5) is 0. The molecule has 0 fully saturated rings. The van der Waals surface area contributed by atoms with E-state index in [1.54, 1.807) is 5.57 Å². The molecule has 4 unspecified atom stereocenters. The standard InChI is InChI=1S/C40H70O2/c1-29(17-13-19-31(3)21-23-37-33(5)25-35(41)27-39(37,7)8)15-11-12-16-30(2)18-14-20-32(4)22-24-38-34(6)26-36(42)28-40(38,9)10/h13,19,21,23,25,29-32,35-37,41-42H,11-12,14-18,20,22,24,26-28H2,1-10H3/b19-13+,23-21+/t29?,30?,31?,32?,35-,36-,37-/m0/s1. The first-order valence-electron chi connectivity index (χ1n) is 17.7. The van der Waals surface area contributed by atoms with Gasteiger partial charge in [0.1, 0.15) is 0 Å². The summed E-state index contributed by atoms with van der Waals surface area (Å²) >= 11 is 0. The second-order valence-corrected chi connectivity index (χ2v) is 16.3. The van der Waals surface area contributed by atoms with Crippen LogP contribution in [0.25, 0.3) is 0 Å². The van der Waals surface area contributed by atoms with Crippen LogP contribution in [0.15, 0.2) is 47.1 Å². The fourth-order valence-electron chi connectivity index (χ4n) is 8.02. The second kappa shape index (κ2) is 17.4. The third kappa shape index (κ3) is 12.9. The average molecular weight is 583 g/mol. The maximum atomic E-state index is 10.2. The Morgan fingerprint density at radius 2 is 1.40 bits per heavy atom. The summed E-state index contributed by atoms with van der Waals surface area (Å²) in [6.07, 6.45) is 27.0. The smallest absolute Gasteiger partial charge is 0.0729 e. The van der Waals surface area contributed by atoms with E-state index in [9.17, 15) is 10.2 Å². The van der Waals surface area contributed by atoms with Crippen molar-refractivity contribution >= 4 is 0 Å². The van der Waals surface area contributed by atoms with Gasteiger partial charge < -0.3 is 10.2 Å². The van der Waals surface area contributed by atoms with Crippen LogP contribution in [-0.2, 0) is 0 Å². The van der Waals surface area contributed by atoms with Gasteiger partial charge in [0.25, 0.3) is 0 Å². The highest BCUT2D eigenvalue weighted by atomic mass is 16.3. The molecule has 242 valence electrons. The van der Waals surface area contributed by atoms with E-state index in [1.807, 2.05) is 6.08 Å². The van der Waals surface area contributed by atoms with E-state index in [1.165, 1.54) is 75.4 Å². The molecule has 0 radical (unpaired) electrons. The average Bonchev–Trinajstić information content (AvgIpc) is 2.84. The molecule has 2 nitrogen and oxygen atoms in total. The lowest BCUT2D eigenvalue weighted by Gasteiger charge is -2.38. The van der Waals surface area contributed by atoms with Gasteiger partial charge in [0.2, 0.25) is 0 Å². The molecule has 2 aliphatic carbocycles. The molecule has 2 rings (SSSR count). The topological polar surface area (TPSA) is 40.5 Å². The van der Waals surface area contributed by atoms with Crippen LogP contribution < -0.4 is 0 Å². The van der Waals surface area contributed by atoms with Crippen molar-refractivity contribution in [1.82, 2.24) is 0 Å². The highest BCUT2D eigenvalue weighted by molar-refractivity contribution is 5.24. The number of hydrogen-bond donors (Lipinski definition) is 2. The Hall–Kier alpha value is -1.12. The third-order valence-corrected chi connectivity index (χ3v) is 10.7. The Bertz CT molecular complexity index is 916. The lowest BCUT2D eigenvalue weighted by atomic mass is 9.67. The zero-order valence-electron chi connectivity index (χ0n) is 29.5. The molecule has 0 amide bonds. The van der Waals surface area contributed by atoms with Crippen LogP contribution >= 0.6 is 0 Å². The minimum Gasteiger partial charge on any atom is -0.393 e. The van der Waals surface area contributed by atoms with Crippen molar-refractivity contribution < 1.29 is 10.2 Å². The first kappa shape index (κ1) is 37.1. The predicted molar refractivity (Wildman–Crippen MR) is 184 cm³/mol. The highest BCUT2D eigenvalue weighted by Gasteiger charge is 2.34. The fourth-order valence-corrected chi connectivity index (χ4v) is 8.02. The maximum Gasteiger partial charge on any atom is 0.0729 e. The van der Waals surface area contributed by atoms with E-state index < -0.39 is 0 Å². The van der Waals surface area contributed by atoms with E-state index in [2.05, 4.69) is 93.5 Å². The van der Waals surface area contributed by atoms with Crippen LogP contribution in [0.3, 0.4) is 0 Å². The number of rotatable bonds is 17. The summed E-state index contributed by atoms with van der Waals surface area (Å²) in [5, 5.41) is 20.3. The molecule has 0 bridgehead atoms. The lowest BCUT2D eigenvalue weighted by molar-refractivity contribution is 0.112. The van der Waals surface area contributed by atoms with Crippen molar-refractivity contribution in [2.45, 2.75) is 165 Å². The van der Waals surface area contributed by atoms with Crippen molar-refractivity contribution in [3.05, 3.63) is 47.1 Å². The highest BCUT2D eigenvalue weighted by Crippen LogP contribution is 2.43. The molecule has 0 aliphatic heterocycles. The predicted octanol–water partition coefficient (Wildman–Crippen LogP) is 11.4. The summed E-state index contributed by atoms with van der Waals surface area (Å²) in [5.41, 5.74) is 4.64. The summed E-state index contributed by atoms with van der Waals surface area (Å²) in [5.74, 6) is 3.26. The molecule has 42 heavy (non-hydrogen) atoms. The van der Waals surface area contributed by atoms with E-state index in [4.69, 9.17) is 0 Å². The van der Waals surface area contributed by atoms with Gasteiger partial charge in [0, 0.05) is 5.92 Å². The molecule has 0 saturated heterocycles. The van der Waals surface area contributed by atoms with Gasteiger partial charge in [-0.15, -0.1) is 0 Å². The van der Waals surface area contributed by atoms with Crippen LogP contribution in [0.5, 0.6) is 0 Å². The van der Waals surface area contributed by atoms with Gasteiger partial charge in [-0.3, -0.25) is 0 Å². The zero-order chi connectivity index (χ0) is 31.5. The molecule has 0 spiro atoms. The Kier molecular flexibility index (Phi) is 15.3. The molecule has 0 saturated carbocycles. The minimum atomic E-state index is -0.296. The summed E-state index contributed by atoms with van der Waals surface area (Å²) in [6.45, 7) is 23.2. The molecule has 2 heteroatoms. The Morgan fingerprint density at radius 1 is 0.810 bits per heavy atom. The van der Waals surface area contributed by atoms with E-state index in [0.29, 0.717) is 11.8 Å². The van der Waals surface area contributed by atoms with Crippen LogP contribution in [0.1, 0.15) is 153 Å². The normalized spacial score (nSPS) is 27.3.